The maximum atomic E-state index is 13.9. The summed E-state index contributed by atoms with van der Waals surface area (Å²) in [6, 6.07) is 16.7. The van der Waals surface area contributed by atoms with Crippen LogP contribution < -0.4 is 11.1 Å². The highest BCUT2D eigenvalue weighted by atomic mass is 32.2. The SMILES string of the molecule is CSc1cc(S(=O)(=O)c2cccc(-c3ccccc3)c2NCCN2CCOCC2)c(C(=N)N)s1. The summed E-state index contributed by atoms with van der Waals surface area (Å²) >= 11 is 2.66. The lowest BCUT2D eigenvalue weighted by Gasteiger charge is -2.27. The molecule has 1 fully saturated rings. The Morgan fingerprint density at radius 2 is 1.88 bits per heavy atom. The molecule has 0 aliphatic carbocycles. The largest absolute Gasteiger partial charge is 0.383 e. The first-order valence-corrected chi connectivity index (χ1v) is 14.4. The van der Waals surface area contributed by atoms with Gasteiger partial charge in [-0.3, -0.25) is 10.3 Å². The van der Waals surface area contributed by atoms with E-state index in [4.69, 9.17) is 15.9 Å². The first-order valence-electron chi connectivity index (χ1n) is 10.9. The molecule has 7 nitrogen and oxygen atoms in total. The van der Waals surface area contributed by atoms with Crippen molar-refractivity contribution in [3.8, 4) is 11.1 Å². The predicted molar refractivity (Wildman–Crippen MR) is 140 cm³/mol. The monoisotopic (exact) mass is 516 g/mol. The van der Waals surface area contributed by atoms with E-state index in [0.717, 1.165) is 35.0 Å². The molecule has 2 aromatic carbocycles. The van der Waals surface area contributed by atoms with Gasteiger partial charge < -0.3 is 15.8 Å². The standard InChI is InChI=1S/C24H28N4O3S3/c1-32-21-16-20(23(33-21)24(25)26)34(29,30)19-9-5-8-18(17-6-3-2-4-7-17)22(19)27-10-11-28-12-14-31-15-13-28/h2-9,16,27H,10-15H2,1H3,(H3,25,26). The molecule has 0 radical (unpaired) electrons. The van der Waals surface area contributed by atoms with Crippen molar-refractivity contribution in [3.05, 3.63) is 59.5 Å². The highest BCUT2D eigenvalue weighted by Crippen LogP contribution is 2.40. The molecule has 1 aromatic heterocycles. The Morgan fingerprint density at radius 3 is 2.56 bits per heavy atom. The van der Waals surface area contributed by atoms with Crippen molar-refractivity contribution < 1.29 is 13.2 Å². The molecule has 3 aromatic rings. The maximum absolute atomic E-state index is 13.9. The van der Waals surface area contributed by atoms with E-state index in [0.29, 0.717) is 25.4 Å². The number of hydrogen-bond donors (Lipinski definition) is 3. The average Bonchev–Trinajstić information content (AvgIpc) is 3.31. The molecule has 2 heterocycles. The molecular formula is C24H28N4O3S3. The maximum Gasteiger partial charge on any atom is 0.210 e. The van der Waals surface area contributed by atoms with E-state index in [9.17, 15) is 8.42 Å². The number of rotatable bonds is 9. The van der Waals surface area contributed by atoms with Crippen LogP contribution >= 0.6 is 23.1 Å². The first kappa shape index (κ1) is 24.7. The average molecular weight is 517 g/mol. The van der Waals surface area contributed by atoms with Gasteiger partial charge in [0.15, 0.2) is 0 Å². The minimum Gasteiger partial charge on any atom is -0.383 e. The van der Waals surface area contributed by atoms with Gasteiger partial charge in [-0.1, -0.05) is 42.5 Å². The number of nitrogens with one attached hydrogen (secondary N) is 2. The lowest BCUT2D eigenvalue weighted by atomic mass is 10.0. The summed E-state index contributed by atoms with van der Waals surface area (Å²) in [7, 11) is -3.94. The van der Waals surface area contributed by atoms with E-state index in [1.807, 2.05) is 42.7 Å². The third-order valence-corrected chi connectivity index (χ3v) is 9.83. The number of para-hydroxylation sites is 1. The van der Waals surface area contributed by atoms with Gasteiger partial charge in [0, 0.05) is 31.7 Å². The summed E-state index contributed by atoms with van der Waals surface area (Å²) < 4.78 is 34.1. The number of ether oxygens (including phenoxy) is 1. The summed E-state index contributed by atoms with van der Waals surface area (Å²) in [6.45, 7) is 4.52. The lowest BCUT2D eigenvalue weighted by Crippen LogP contribution is -2.39. The second kappa shape index (κ2) is 10.9. The zero-order valence-electron chi connectivity index (χ0n) is 18.9. The van der Waals surface area contributed by atoms with Crippen LogP contribution in [0.3, 0.4) is 0 Å². The van der Waals surface area contributed by atoms with Crippen LogP contribution in [0.4, 0.5) is 5.69 Å². The van der Waals surface area contributed by atoms with Gasteiger partial charge in [-0.15, -0.1) is 23.1 Å². The summed E-state index contributed by atoms with van der Waals surface area (Å²) in [5, 5.41) is 11.4. The topological polar surface area (TPSA) is 109 Å². The van der Waals surface area contributed by atoms with Crippen molar-refractivity contribution in [1.29, 1.82) is 5.41 Å². The number of nitrogen functional groups attached to an aromatic ring is 1. The number of sulfone groups is 1. The minimum atomic E-state index is -3.94. The van der Waals surface area contributed by atoms with E-state index in [2.05, 4.69) is 10.2 Å². The molecule has 34 heavy (non-hydrogen) atoms. The highest BCUT2D eigenvalue weighted by Gasteiger charge is 2.29. The number of nitrogens with two attached hydrogens (primary N) is 1. The van der Waals surface area contributed by atoms with Gasteiger partial charge in [0.05, 0.1) is 37.8 Å². The Balaban J connectivity index is 1.77. The van der Waals surface area contributed by atoms with Gasteiger partial charge >= 0.3 is 0 Å². The molecule has 180 valence electrons. The fourth-order valence-electron chi connectivity index (χ4n) is 3.92. The Kier molecular flexibility index (Phi) is 7.95. The summed E-state index contributed by atoms with van der Waals surface area (Å²) in [5.41, 5.74) is 8.07. The zero-order chi connectivity index (χ0) is 24.1. The van der Waals surface area contributed by atoms with Crippen molar-refractivity contribution in [3.63, 3.8) is 0 Å². The predicted octanol–water partition coefficient (Wildman–Crippen LogP) is 4.00. The summed E-state index contributed by atoms with van der Waals surface area (Å²) in [5.74, 6) is -0.245. The Morgan fingerprint density at radius 1 is 1.15 bits per heavy atom. The smallest absolute Gasteiger partial charge is 0.210 e. The van der Waals surface area contributed by atoms with Crippen LogP contribution in [-0.2, 0) is 14.6 Å². The fourth-order valence-corrected chi connectivity index (χ4v) is 7.56. The molecule has 10 heteroatoms. The van der Waals surface area contributed by atoms with E-state index in [1.165, 1.54) is 23.1 Å². The third-order valence-electron chi connectivity index (χ3n) is 5.64. The van der Waals surface area contributed by atoms with Gasteiger partial charge in [0.2, 0.25) is 9.84 Å². The van der Waals surface area contributed by atoms with Crippen LogP contribution in [0.15, 0.2) is 68.6 Å². The van der Waals surface area contributed by atoms with Gasteiger partial charge in [-0.05, 0) is 24.0 Å². The van der Waals surface area contributed by atoms with Crippen LogP contribution in [0.25, 0.3) is 11.1 Å². The Hall–Kier alpha value is -2.37. The number of thiophene rings is 1. The molecule has 0 spiro atoms. The molecule has 1 saturated heterocycles. The number of anilines is 1. The van der Waals surface area contributed by atoms with Gasteiger partial charge in [-0.25, -0.2) is 8.42 Å². The molecule has 1 aliphatic rings. The third kappa shape index (κ3) is 5.31. The van der Waals surface area contributed by atoms with Crippen LogP contribution in [-0.4, -0.2) is 64.8 Å². The number of benzene rings is 2. The minimum absolute atomic E-state index is 0.0794. The lowest BCUT2D eigenvalue weighted by molar-refractivity contribution is 0.0398. The molecule has 0 bridgehead atoms. The van der Waals surface area contributed by atoms with E-state index in [1.54, 1.807) is 18.2 Å². The summed E-state index contributed by atoms with van der Waals surface area (Å²) in [4.78, 5) is 2.83. The van der Waals surface area contributed by atoms with E-state index in [-0.39, 0.29) is 20.5 Å². The van der Waals surface area contributed by atoms with Crippen molar-refractivity contribution >= 4 is 44.5 Å². The molecule has 0 saturated carbocycles. The van der Waals surface area contributed by atoms with Crippen LogP contribution in [0, 0.1) is 5.41 Å². The second-order valence-corrected chi connectivity index (χ2v) is 11.9. The second-order valence-electron chi connectivity index (χ2n) is 7.81. The van der Waals surface area contributed by atoms with Gasteiger partial charge in [0.25, 0.3) is 0 Å². The number of hydrogen-bond acceptors (Lipinski definition) is 8. The number of thioether (sulfide) groups is 1. The van der Waals surface area contributed by atoms with Crippen molar-refractivity contribution in [2.75, 3.05) is 51.0 Å². The van der Waals surface area contributed by atoms with Gasteiger partial charge in [-0.2, -0.15) is 0 Å². The molecule has 0 atom stereocenters. The molecule has 4 N–H and O–H groups in total. The first-order chi connectivity index (χ1) is 16.4. The Bertz CT molecular complexity index is 1250. The van der Waals surface area contributed by atoms with Crippen LogP contribution in [0.2, 0.25) is 0 Å². The molecule has 0 unspecified atom stereocenters. The summed E-state index contributed by atoms with van der Waals surface area (Å²) in [6.07, 6.45) is 1.88. The Labute approximate surface area is 208 Å². The molecule has 1 aliphatic heterocycles. The zero-order valence-corrected chi connectivity index (χ0v) is 21.4. The normalized spacial score (nSPS) is 14.7. The van der Waals surface area contributed by atoms with Gasteiger partial charge in [0.1, 0.15) is 5.84 Å². The number of amidine groups is 1. The van der Waals surface area contributed by atoms with Crippen molar-refractivity contribution in [1.82, 2.24) is 4.90 Å². The number of nitrogens with zero attached hydrogens (tertiary/aromatic N) is 1. The fraction of sp³-hybridized carbons (Fsp3) is 0.292. The van der Waals surface area contributed by atoms with E-state index < -0.39 is 9.84 Å². The van der Waals surface area contributed by atoms with Crippen molar-refractivity contribution in [2.24, 2.45) is 5.73 Å². The quantitative estimate of drug-likeness (QED) is 0.224. The molecule has 0 amide bonds. The molecular weight excluding hydrogens is 488 g/mol. The molecule has 4 rings (SSSR count). The highest BCUT2D eigenvalue weighted by molar-refractivity contribution is 8.00. The number of morpholine rings is 1. The van der Waals surface area contributed by atoms with Crippen LogP contribution in [0.1, 0.15) is 4.88 Å². The van der Waals surface area contributed by atoms with Crippen LogP contribution in [0.5, 0.6) is 0 Å². The van der Waals surface area contributed by atoms with Crippen molar-refractivity contribution in [2.45, 2.75) is 14.0 Å². The van der Waals surface area contributed by atoms with E-state index >= 15 is 0 Å².